The molecule has 13 heteroatoms. The van der Waals surface area contributed by atoms with Gasteiger partial charge >= 0.3 is 7.60 Å². The van der Waals surface area contributed by atoms with Crippen molar-refractivity contribution in [3.63, 3.8) is 0 Å². The molecule has 2 heterocycles. The Morgan fingerprint density at radius 3 is 2.81 bits per heavy atom. The second kappa shape index (κ2) is 5.33. The molecule has 9 N–H and O–H groups in total. The van der Waals surface area contributed by atoms with Gasteiger partial charge in [0.25, 0.3) is 0 Å². The summed E-state index contributed by atoms with van der Waals surface area (Å²) in [5.41, 5.74) is 17.3. The Morgan fingerprint density at radius 1 is 1.52 bits per heavy atom. The predicted molar refractivity (Wildman–Crippen MR) is 72.8 cm³/mol. The number of fused-ring (bicyclic) bond motifs is 1. The van der Waals surface area contributed by atoms with Crippen LogP contribution in [-0.4, -0.2) is 43.2 Å². The summed E-state index contributed by atoms with van der Waals surface area (Å²) in [5, 5.41) is 10.4. The zero-order valence-electron chi connectivity index (χ0n) is 11.2. The highest BCUT2D eigenvalue weighted by atomic mass is 31.2. The van der Waals surface area contributed by atoms with E-state index < -0.39 is 25.8 Å². The highest BCUT2D eigenvalue weighted by Crippen LogP contribution is 2.34. The van der Waals surface area contributed by atoms with Crippen LogP contribution in [0, 0.1) is 0 Å². The quantitative estimate of drug-likeness (QED) is 0.250. The van der Waals surface area contributed by atoms with E-state index in [9.17, 15) is 4.57 Å². The molecule has 0 spiro atoms. The van der Waals surface area contributed by atoms with Crippen LogP contribution in [0.2, 0.25) is 0 Å². The van der Waals surface area contributed by atoms with Crippen molar-refractivity contribution >= 4 is 19.4 Å². The molecule has 1 aliphatic rings. The Bertz CT molecular complexity index is 607. The molecule has 0 fully saturated rings. The average molecular weight is 320 g/mol. The van der Waals surface area contributed by atoms with Crippen LogP contribution in [0.4, 0.5) is 5.82 Å². The van der Waals surface area contributed by atoms with Crippen LogP contribution in [0.3, 0.4) is 0 Å². The lowest BCUT2D eigenvalue weighted by Gasteiger charge is -2.25. The Morgan fingerprint density at radius 2 is 2.19 bits per heavy atom. The van der Waals surface area contributed by atoms with Gasteiger partial charge in [0, 0.05) is 0 Å². The van der Waals surface area contributed by atoms with Crippen LogP contribution in [0.1, 0.15) is 12.6 Å². The van der Waals surface area contributed by atoms with Gasteiger partial charge in [-0.2, -0.15) is 0 Å². The smallest absolute Gasteiger partial charge is 0.350 e. The molecule has 0 aliphatic carbocycles. The number of anilines is 1. The summed E-state index contributed by atoms with van der Waals surface area (Å²) < 4.78 is 17.2. The fraction of sp³-hybridized carbons (Fsp3) is 0.625. The van der Waals surface area contributed by atoms with Crippen molar-refractivity contribution in [1.29, 1.82) is 0 Å². The molecule has 1 atom stereocenters. The van der Waals surface area contributed by atoms with Gasteiger partial charge in [-0.1, -0.05) is 5.21 Å². The maximum Gasteiger partial charge on any atom is 0.350 e. The van der Waals surface area contributed by atoms with E-state index in [1.807, 2.05) is 0 Å². The first kappa shape index (κ1) is 15.8. The van der Waals surface area contributed by atoms with Crippen molar-refractivity contribution in [1.82, 2.24) is 15.0 Å². The monoisotopic (exact) mass is 320 g/mol. The predicted octanol–water partition coefficient (Wildman–Crippen LogP) is -2.41. The number of guanidine groups is 1. The number of nitrogens with zero attached hydrogens (tertiary/aromatic N) is 4. The third-order valence-corrected chi connectivity index (χ3v) is 3.11. The molecule has 0 bridgehead atoms. The third-order valence-electron chi connectivity index (χ3n) is 2.62. The lowest BCUT2D eigenvalue weighted by atomic mass is 10.2. The maximum atomic E-state index is 10.8. The van der Waals surface area contributed by atoms with Crippen molar-refractivity contribution in [2.45, 2.75) is 25.4 Å². The normalized spacial score (nSPS) is 18.6. The molecule has 1 aliphatic heterocycles. The first-order valence-corrected chi connectivity index (χ1v) is 7.68. The molecular weight excluding hydrogens is 303 g/mol. The van der Waals surface area contributed by atoms with Gasteiger partial charge < -0.3 is 25.6 Å². The fourth-order valence-electron chi connectivity index (χ4n) is 1.76. The molecule has 0 aromatic carbocycles. The highest BCUT2D eigenvalue weighted by molar-refractivity contribution is 7.51. The molecule has 2 rings (SSSR count). The number of hydrogen-bond donors (Lipinski definition) is 6. The van der Waals surface area contributed by atoms with Crippen molar-refractivity contribution in [3.05, 3.63) is 5.69 Å². The fourth-order valence-corrected chi connectivity index (χ4v) is 2.21. The minimum Gasteiger partial charge on any atom is -0.370 e. The SMILES string of the molecule is CC(Cn1nnc2c1NC(N)=NC2(N)N)OCP(=O)(O)O. The van der Waals surface area contributed by atoms with Gasteiger partial charge in [0.15, 0.2) is 17.5 Å². The zero-order chi connectivity index (χ0) is 15.8. The Labute approximate surface area is 119 Å². The van der Waals surface area contributed by atoms with Crippen molar-refractivity contribution in [2.75, 3.05) is 11.7 Å². The number of nitrogens with two attached hydrogens (primary N) is 3. The number of aliphatic imine (C=N–C) groups is 1. The number of hydrogen-bond acceptors (Lipinski definition) is 9. The maximum absolute atomic E-state index is 10.8. The van der Waals surface area contributed by atoms with Crippen molar-refractivity contribution in [2.24, 2.45) is 22.2 Å². The lowest BCUT2D eigenvalue weighted by Crippen LogP contribution is -2.50. The summed E-state index contributed by atoms with van der Waals surface area (Å²) in [6.45, 7) is 1.79. The van der Waals surface area contributed by atoms with E-state index in [-0.39, 0.29) is 18.2 Å². The first-order chi connectivity index (χ1) is 9.58. The molecule has 1 aromatic heterocycles. The Kier molecular flexibility index (Phi) is 4.02. The van der Waals surface area contributed by atoms with Crippen molar-refractivity contribution in [3.8, 4) is 0 Å². The largest absolute Gasteiger partial charge is 0.370 e. The van der Waals surface area contributed by atoms with Gasteiger partial charge in [0.2, 0.25) is 5.79 Å². The number of nitrogens with one attached hydrogen (secondary N) is 1. The van der Waals surface area contributed by atoms with Crippen molar-refractivity contribution < 1.29 is 19.1 Å². The van der Waals surface area contributed by atoms with Gasteiger partial charge in [0.1, 0.15) is 6.35 Å². The van der Waals surface area contributed by atoms with Gasteiger partial charge in [-0.05, 0) is 6.92 Å². The van der Waals surface area contributed by atoms with E-state index in [2.05, 4.69) is 20.6 Å². The standard InChI is InChI=1S/C8H17N8O4P/c1-4(20-3-21(17,18)19)2-16-6-5(14-15-16)8(10,11)13-7(9)12-6/h4H,2-3,10-11H2,1H3,(H3,9,12,13)(H2,17,18,19). The molecule has 1 aromatic rings. The average Bonchev–Trinajstić information content (AvgIpc) is 2.68. The first-order valence-electron chi connectivity index (χ1n) is 5.89. The second-order valence-electron chi connectivity index (χ2n) is 4.69. The van der Waals surface area contributed by atoms with E-state index >= 15 is 0 Å². The highest BCUT2D eigenvalue weighted by Gasteiger charge is 2.34. The molecule has 0 amide bonds. The summed E-state index contributed by atoms with van der Waals surface area (Å²) in [4.78, 5) is 21.3. The lowest BCUT2D eigenvalue weighted by molar-refractivity contribution is 0.0731. The Hall–Kier alpha value is -1.56. The molecule has 12 nitrogen and oxygen atoms in total. The minimum atomic E-state index is -4.23. The van der Waals surface area contributed by atoms with Gasteiger partial charge in [-0.25, -0.2) is 9.67 Å². The molecule has 21 heavy (non-hydrogen) atoms. The summed E-state index contributed by atoms with van der Waals surface area (Å²) in [6.07, 6.45) is -1.21. The van der Waals surface area contributed by atoms with E-state index in [0.717, 1.165) is 0 Å². The van der Waals surface area contributed by atoms with Crippen LogP contribution < -0.4 is 22.5 Å². The van der Waals surface area contributed by atoms with Crippen LogP contribution in [-0.2, 0) is 21.6 Å². The zero-order valence-corrected chi connectivity index (χ0v) is 12.1. The van der Waals surface area contributed by atoms with Crippen LogP contribution >= 0.6 is 7.60 Å². The number of aromatic nitrogens is 3. The van der Waals surface area contributed by atoms with E-state index in [0.29, 0.717) is 5.82 Å². The van der Waals surface area contributed by atoms with Crippen LogP contribution in [0.5, 0.6) is 0 Å². The van der Waals surface area contributed by atoms with E-state index in [1.165, 1.54) is 4.68 Å². The van der Waals surface area contributed by atoms with Crippen LogP contribution in [0.25, 0.3) is 0 Å². The molecule has 0 saturated carbocycles. The molecule has 1 unspecified atom stereocenters. The second-order valence-corrected chi connectivity index (χ2v) is 6.27. The number of ether oxygens (including phenoxy) is 1. The third kappa shape index (κ3) is 3.75. The van der Waals surface area contributed by atoms with Gasteiger partial charge in [-0.15, -0.1) is 5.10 Å². The Balaban J connectivity index is 2.11. The summed E-state index contributed by atoms with van der Waals surface area (Å²) >= 11 is 0. The number of rotatable bonds is 5. The van der Waals surface area contributed by atoms with Gasteiger partial charge in [-0.3, -0.25) is 16.0 Å². The molecule has 0 saturated heterocycles. The molecule has 0 radical (unpaired) electrons. The molecule has 118 valence electrons. The molecular formula is C8H17N8O4P. The topological polar surface area (TPSA) is 200 Å². The van der Waals surface area contributed by atoms with E-state index in [1.54, 1.807) is 6.92 Å². The summed E-state index contributed by atoms with van der Waals surface area (Å²) in [5.74, 6) is -1.21. The summed E-state index contributed by atoms with van der Waals surface area (Å²) in [6, 6.07) is 0. The minimum absolute atomic E-state index is 0.0137. The van der Waals surface area contributed by atoms with Crippen LogP contribution in [0.15, 0.2) is 4.99 Å². The van der Waals surface area contributed by atoms with Gasteiger partial charge in [0.05, 0.1) is 12.6 Å². The van der Waals surface area contributed by atoms with E-state index in [4.69, 9.17) is 31.7 Å². The summed E-state index contributed by atoms with van der Waals surface area (Å²) in [7, 11) is -4.23.